The molecule has 0 saturated carbocycles. The van der Waals surface area contributed by atoms with Crippen LogP contribution in [0.5, 0.6) is 23.0 Å². The number of benzene rings is 3. The Morgan fingerprint density at radius 2 is 1.29 bits per heavy atom. The van der Waals surface area contributed by atoms with Crippen LogP contribution >= 0.6 is 23.2 Å². The SMILES string of the molecule is COc1ccc(-c2nn(Cc3ccc(Cl)cc3Cl)c(-c3ccc(OC)c(OC)c3)c2C)cc1OC. The summed E-state index contributed by atoms with van der Waals surface area (Å²) in [6, 6.07) is 17.1. The molecule has 0 unspecified atom stereocenters. The highest BCUT2D eigenvalue weighted by molar-refractivity contribution is 6.35. The Balaban J connectivity index is 1.91. The Morgan fingerprint density at radius 3 is 1.86 bits per heavy atom. The van der Waals surface area contributed by atoms with E-state index in [1.807, 2.05) is 60.1 Å². The second kappa shape index (κ2) is 10.5. The fourth-order valence-corrected chi connectivity index (χ4v) is 4.55. The fraction of sp³-hybridized carbons (Fsp3) is 0.222. The lowest BCUT2D eigenvalue weighted by Gasteiger charge is -2.13. The second-order valence-electron chi connectivity index (χ2n) is 7.86. The first-order valence-electron chi connectivity index (χ1n) is 10.9. The van der Waals surface area contributed by atoms with Crippen molar-refractivity contribution < 1.29 is 18.9 Å². The highest BCUT2D eigenvalue weighted by Crippen LogP contribution is 2.39. The summed E-state index contributed by atoms with van der Waals surface area (Å²) in [6.45, 7) is 2.50. The number of hydrogen-bond acceptors (Lipinski definition) is 5. The lowest BCUT2D eigenvalue weighted by atomic mass is 10.0. The van der Waals surface area contributed by atoms with Crippen molar-refractivity contribution >= 4 is 23.2 Å². The first-order chi connectivity index (χ1) is 16.9. The summed E-state index contributed by atoms with van der Waals surface area (Å²) < 4.78 is 23.8. The standard InChI is InChI=1S/C27H26Cl2N2O4/c1-16-26(17-7-10-22(32-2)24(12-17)34-4)30-31(15-19-6-9-20(28)14-21(19)29)27(16)18-8-11-23(33-3)25(13-18)35-5/h6-14H,15H2,1-5H3. The van der Waals surface area contributed by atoms with Crippen molar-refractivity contribution in [3.05, 3.63) is 75.8 Å². The monoisotopic (exact) mass is 512 g/mol. The Morgan fingerprint density at radius 1 is 0.714 bits per heavy atom. The third-order valence-electron chi connectivity index (χ3n) is 5.84. The highest BCUT2D eigenvalue weighted by atomic mass is 35.5. The Hall–Kier alpha value is -3.35. The molecule has 0 atom stereocenters. The molecule has 0 aliphatic heterocycles. The van der Waals surface area contributed by atoms with Crippen LogP contribution in [0.15, 0.2) is 54.6 Å². The van der Waals surface area contributed by atoms with Crippen LogP contribution in [-0.4, -0.2) is 38.2 Å². The minimum absolute atomic E-state index is 0.452. The molecule has 4 aromatic rings. The molecular weight excluding hydrogens is 487 g/mol. The van der Waals surface area contributed by atoms with E-state index in [0.29, 0.717) is 39.6 Å². The number of nitrogens with zero attached hydrogens (tertiary/aromatic N) is 2. The van der Waals surface area contributed by atoms with E-state index in [1.54, 1.807) is 34.5 Å². The maximum atomic E-state index is 6.51. The molecule has 0 N–H and O–H groups in total. The van der Waals surface area contributed by atoms with Gasteiger partial charge in [0.1, 0.15) is 0 Å². The molecule has 0 saturated heterocycles. The lowest BCUT2D eigenvalue weighted by molar-refractivity contribution is 0.355. The molecule has 1 heterocycles. The van der Waals surface area contributed by atoms with Gasteiger partial charge in [0.15, 0.2) is 23.0 Å². The number of rotatable bonds is 8. The number of halogens is 2. The molecule has 182 valence electrons. The van der Waals surface area contributed by atoms with Gasteiger partial charge in [-0.2, -0.15) is 5.10 Å². The molecule has 0 aliphatic rings. The number of hydrogen-bond donors (Lipinski definition) is 0. The topological polar surface area (TPSA) is 54.7 Å². The van der Waals surface area contributed by atoms with Gasteiger partial charge in [-0.25, -0.2) is 0 Å². The second-order valence-corrected chi connectivity index (χ2v) is 8.70. The molecule has 0 amide bonds. The summed E-state index contributed by atoms with van der Waals surface area (Å²) in [5.41, 5.74) is 5.49. The maximum Gasteiger partial charge on any atom is 0.161 e. The van der Waals surface area contributed by atoms with Crippen LogP contribution in [0.2, 0.25) is 10.0 Å². The average molecular weight is 513 g/mol. The van der Waals surface area contributed by atoms with Gasteiger partial charge < -0.3 is 18.9 Å². The number of ether oxygens (including phenoxy) is 4. The predicted molar refractivity (Wildman–Crippen MR) is 140 cm³/mol. The van der Waals surface area contributed by atoms with Gasteiger partial charge in [-0.05, 0) is 61.0 Å². The molecule has 4 rings (SSSR count). The summed E-state index contributed by atoms with van der Waals surface area (Å²) in [7, 11) is 6.46. The van der Waals surface area contributed by atoms with E-state index >= 15 is 0 Å². The average Bonchev–Trinajstić information content (AvgIpc) is 3.20. The smallest absolute Gasteiger partial charge is 0.161 e. The van der Waals surface area contributed by atoms with Gasteiger partial charge >= 0.3 is 0 Å². The molecule has 1 aromatic heterocycles. The van der Waals surface area contributed by atoms with Crippen LogP contribution in [0.3, 0.4) is 0 Å². The summed E-state index contributed by atoms with van der Waals surface area (Å²) >= 11 is 12.6. The molecule has 0 bridgehead atoms. The van der Waals surface area contributed by atoms with Crippen molar-refractivity contribution in [3.63, 3.8) is 0 Å². The first kappa shape index (κ1) is 24.8. The van der Waals surface area contributed by atoms with Gasteiger partial charge in [-0.1, -0.05) is 29.3 Å². The summed E-state index contributed by atoms with van der Waals surface area (Å²) in [4.78, 5) is 0. The normalized spacial score (nSPS) is 10.8. The van der Waals surface area contributed by atoms with Crippen LogP contribution in [0.25, 0.3) is 22.5 Å². The van der Waals surface area contributed by atoms with Gasteiger partial charge in [-0.3, -0.25) is 4.68 Å². The van der Waals surface area contributed by atoms with Crippen LogP contribution < -0.4 is 18.9 Å². The Labute approximate surface area is 214 Å². The summed E-state index contributed by atoms with van der Waals surface area (Å²) in [5.74, 6) is 2.57. The number of methoxy groups -OCH3 is 4. The van der Waals surface area contributed by atoms with E-state index in [4.69, 9.17) is 47.2 Å². The van der Waals surface area contributed by atoms with E-state index in [-0.39, 0.29) is 0 Å². The van der Waals surface area contributed by atoms with Gasteiger partial charge in [-0.15, -0.1) is 0 Å². The van der Waals surface area contributed by atoms with Gasteiger partial charge in [0.25, 0.3) is 0 Å². The minimum Gasteiger partial charge on any atom is -0.493 e. The molecule has 0 spiro atoms. The van der Waals surface area contributed by atoms with Crippen molar-refractivity contribution in [1.29, 1.82) is 0 Å². The maximum absolute atomic E-state index is 6.51. The molecular formula is C27H26Cl2N2O4. The molecule has 35 heavy (non-hydrogen) atoms. The molecule has 8 heteroatoms. The van der Waals surface area contributed by atoms with Crippen LogP contribution in [-0.2, 0) is 6.54 Å². The third kappa shape index (κ3) is 4.90. The van der Waals surface area contributed by atoms with Crippen LogP contribution in [0.4, 0.5) is 0 Å². The van der Waals surface area contributed by atoms with Gasteiger partial charge in [0.2, 0.25) is 0 Å². The van der Waals surface area contributed by atoms with Gasteiger partial charge in [0.05, 0.1) is 46.4 Å². The molecule has 0 aliphatic carbocycles. The Kier molecular flexibility index (Phi) is 7.43. The summed E-state index contributed by atoms with van der Waals surface area (Å²) in [6.07, 6.45) is 0. The Bertz CT molecular complexity index is 1370. The van der Waals surface area contributed by atoms with Crippen LogP contribution in [0.1, 0.15) is 11.1 Å². The first-order valence-corrected chi connectivity index (χ1v) is 11.6. The zero-order chi connectivity index (χ0) is 25.1. The zero-order valence-electron chi connectivity index (χ0n) is 20.2. The van der Waals surface area contributed by atoms with Crippen molar-refractivity contribution in [2.75, 3.05) is 28.4 Å². The van der Waals surface area contributed by atoms with Gasteiger partial charge in [0, 0.05) is 26.7 Å². The van der Waals surface area contributed by atoms with Crippen molar-refractivity contribution in [1.82, 2.24) is 9.78 Å². The lowest BCUT2D eigenvalue weighted by Crippen LogP contribution is -2.05. The summed E-state index contributed by atoms with van der Waals surface area (Å²) in [5, 5.41) is 6.17. The van der Waals surface area contributed by atoms with Crippen molar-refractivity contribution in [3.8, 4) is 45.5 Å². The van der Waals surface area contributed by atoms with E-state index in [9.17, 15) is 0 Å². The molecule has 0 radical (unpaired) electrons. The fourth-order valence-electron chi connectivity index (χ4n) is 4.08. The van der Waals surface area contributed by atoms with E-state index < -0.39 is 0 Å². The van der Waals surface area contributed by atoms with Crippen LogP contribution in [0, 0.1) is 6.92 Å². The third-order valence-corrected chi connectivity index (χ3v) is 6.43. The number of aromatic nitrogens is 2. The van der Waals surface area contributed by atoms with E-state index in [0.717, 1.165) is 33.6 Å². The largest absolute Gasteiger partial charge is 0.493 e. The zero-order valence-corrected chi connectivity index (χ0v) is 21.7. The molecule has 6 nitrogen and oxygen atoms in total. The minimum atomic E-state index is 0.452. The molecule has 3 aromatic carbocycles. The highest BCUT2D eigenvalue weighted by Gasteiger charge is 2.21. The quantitative estimate of drug-likeness (QED) is 0.256. The van der Waals surface area contributed by atoms with Crippen molar-refractivity contribution in [2.24, 2.45) is 0 Å². The van der Waals surface area contributed by atoms with Crippen molar-refractivity contribution in [2.45, 2.75) is 13.5 Å². The van der Waals surface area contributed by atoms with E-state index in [2.05, 4.69) is 0 Å². The predicted octanol–water partition coefficient (Wildman–Crippen LogP) is 6.92. The van der Waals surface area contributed by atoms with E-state index in [1.165, 1.54) is 0 Å². The molecule has 0 fully saturated rings.